The van der Waals surface area contributed by atoms with Crippen LogP contribution in [0.25, 0.3) is 0 Å². The van der Waals surface area contributed by atoms with Crippen molar-refractivity contribution in [1.82, 2.24) is 4.90 Å². The monoisotopic (exact) mass is 214 g/mol. The van der Waals surface area contributed by atoms with Crippen molar-refractivity contribution in [3.8, 4) is 0 Å². The Morgan fingerprint density at radius 3 is 3.20 bits per heavy atom. The number of hydrogen-bond donors (Lipinski definition) is 1. The molecular formula is C10H18N2O3. The van der Waals surface area contributed by atoms with E-state index in [-0.39, 0.29) is 6.29 Å². The van der Waals surface area contributed by atoms with Crippen molar-refractivity contribution in [3.63, 3.8) is 0 Å². The van der Waals surface area contributed by atoms with E-state index in [1.54, 1.807) is 6.08 Å². The summed E-state index contributed by atoms with van der Waals surface area (Å²) < 4.78 is 10.8. The normalized spacial score (nSPS) is 23.4. The quantitative estimate of drug-likeness (QED) is 0.639. The summed E-state index contributed by atoms with van der Waals surface area (Å²) in [6.07, 6.45) is 2.99. The predicted molar refractivity (Wildman–Crippen MR) is 56.1 cm³/mol. The molecule has 0 saturated carbocycles. The van der Waals surface area contributed by atoms with Crippen LogP contribution in [0.3, 0.4) is 0 Å². The van der Waals surface area contributed by atoms with Gasteiger partial charge in [0.2, 0.25) is 5.91 Å². The molecule has 0 bridgehead atoms. The number of morpholine rings is 1. The van der Waals surface area contributed by atoms with E-state index < -0.39 is 5.91 Å². The van der Waals surface area contributed by atoms with Gasteiger partial charge in [-0.2, -0.15) is 0 Å². The Hall–Kier alpha value is -0.910. The lowest BCUT2D eigenvalue weighted by Crippen LogP contribution is -2.43. The number of carbonyl (C=O) groups is 1. The van der Waals surface area contributed by atoms with Gasteiger partial charge >= 0.3 is 0 Å². The molecule has 0 radical (unpaired) electrons. The molecule has 0 aromatic heterocycles. The smallest absolute Gasteiger partial charge is 0.241 e. The van der Waals surface area contributed by atoms with Gasteiger partial charge in [0, 0.05) is 26.2 Å². The van der Waals surface area contributed by atoms with Crippen molar-refractivity contribution in [2.45, 2.75) is 13.2 Å². The first-order valence-corrected chi connectivity index (χ1v) is 5.14. The Balaban J connectivity index is 2.26. The number of ether oxygens (including phenoxy) is 2. The number of carbonyl (C=O) groups excluding carboxylic acids is 1. The number of hydrogen-bond acceptors (Lipinski definition) is 4. The fourth-order valence-corrected chi connectivity index (χ4v) is 1.44. The second-order valence-corrected chi connectivity index (χ2v) is 3.32. The van der Waals surface area contributed by atoms with Gasteiger partial charge in [0.05, 0.1) is 6.61 Å². The summed E-state index contributed by atoms with van der Waals surface area (Å²) in [7, 11) is 0. The minimum Gasteiger partial charge on any atom is -0.366 e. The number of primary amides is 1. The van der Waals surface area contributed by atoms with E-state index in [9.17, 15) is 4.79 Å². The van der Waals surface area contributed by atoms with Crippen molar-refractivity contribution >= 4 is 5.91 Å². The Morgan fingerprint density at radius 1 is 1.73 bits per heavy atom. The molecule has 1 rings (SSSR count). The van der Waals surface area contributed by atoms with Crippen LogP contribution in [0.15, 0.2) is 12.2 Å². The van der Waals surface area contributed by atoms with Crippen molar-refractivity contribution in [2.24, 2.45) is 5.73 Å². The topological polar surface area (TPSA) is 64.8 Å². The van der Waals surface area contributed by atoms with Gasteiger partial charge < -0.3 is 15.2 Å². The molecule has 5 heteroatoms. The lowest BCUT2D eigenvalue weighted by atomic mass is 10.3. The third kappa shape index (κ3) is 4.92. The van der Waals surface area contributed by atoms with E-state index in [2.05, 4.69) is 4.90 Å². The van der Waals surface area contributed by atoms with Crippen LogP contribution in [0.4, 0.5) is 0 Å². The molecule has 2 N–H and O–H groups in total. The first kappa shape index (κ1) is 12.2. The Bertz CT molecular complexity index is 229. The first-order chi connectivity index (χ1) is 7.22. The van der Waals surface area contributed by atoms with E-state index in [1.807, 2.05) is 6.92 Å². The molecule has 1 atom stereocenters. The summed E-state index contributed by atoms with van der Waals surface area (Å²) in [4.78, 5) is 12.6. The molecule has 1 saturated heterocycles. The van der Waals surface area contributed by atoms with Crippen molar-refractivity contribution < 1.29 is 14.3 Å². The van der Waals surface area contributed by atoms with Gasteiger partial charge in [-0.3, -0.25) is 9.69 Å². The molecule has 5 nitrogen and oxygen atoms in total. The highest BCUT2D eigenvalue weighted by Crippen LogP contribution is 2.05. The maximum atomic E-state index is 10.5. The summed E-state index contributed by atoms with van der Waals surface area (Å²) in [5, 5.41) is 0. The van der Waals surface area contributed by atoms with Crippen LogP contribution in [-0.4, -0.2) is 49.9 Å². The van der Waals surface area contributed by atoms with E-state index in [0.717, 1.165) is 13.1 Å². The maximum Gasteiger partial charge on any atom is 0.241 e. The van der Waals surface area contributed by atoms with Gasteiger partial charge in [0.1, 0.15) is 0 Å². The molecule has 15 heavy (non-hydrogen) atoms. The first-order valence-electron chi connectivity index (χ1n) is 5.14. The van der Waals surface area contributed by atoms with E-state index in [4.69, 9.17) is 15.2 Å². The van der Waals surface area contributed by atoms with E-state index in [1.165, 1.54) is 6.08 Å². The average Bonchev–Trinajstić information content (AvgIpc) is 2.18. The number of amides is 1. The predicted octanol–water partition coefficient (Wildman–Crippen LogP) is -0.277. The molecule has 1 aliphatic heterocycles. The van der Waals surface area contributed by atoms with E-state index in [0.29, 0.717) is 19.8 Å². The van der Waals surface area contributed by atoms with Gasteiger partial charge in [0.15, 0.2) is 6.29 Å². The van der Waals surface area contributed by atoms with Gasteiger partial charge in [-0.1, -0.05) is 6.08 Å². The zero-order chi connectivity index (χ0) is 11.1. The lowest BCUT2D eigenvalue weighted by Gasteiger charge is -2.31. The van der Waals surface area contributed by atoms with Gasteiger partial charge in [-0.05, 0) is 13.0 Å². The molecule has 0 aromatic rings. The molecule has 1 unspecified atom stereocenters. The fourth-order valence-electron chi connectivity index (χ4n) is 1.44. The van der Waals surface area contributed by atoms with Gasteiger partial charge in [0.25, 0.3) is 0 Å². The second kappa shape index (κ2) is 6.55. The number of nitrogens with two attached hydrogens (primary N) is 1. The summed E-state index contributed by atoms with van der Waals surface area (Å²) in [6, 6.07) is 0. The van der Waals surface area contributed by atoms with Crippen LogP contribution in [0.2, 0.25) is 0 Å². The Morgan fingerprint density at radius 2 is 2.53 bits per heavy atom. The van der Waals surface area contributed by atoms with Crippen LogP contribution in [0.1, 0.15) is 6.92 Å². The Labute approximate surface area is 89.8 Å². The van der Waals surface area contributed by atoms with Crippen LogP contribution in [0.5, 0.6) is 0 Å². The maximum absolute atomic E-state index is 10.5. The standard InChI is InChI=1S/C10H18N2O3/c1-2-14-10-8-12(6-7-15-10)5-3-4-9(11)13/h3-4,10H,2,5-8H2,1H3,(H2,11,13). The summed E-state index contributed by atoms with van der Waals surface area (Å²) in [5.41, 5.74) is 4.99. The zero-order valence-electron chi connectivity index (χ0n) is 9.02. The van der Waals surface area contributed by atoms with Crippen LogP contribution >= 0.6 is 0 Å². The molecule has 1 aliphatic rings. The summed E-state index contributed by atoms with van der Waals surface area (Å²) in [6.45, 7) is 5.54. The molecule has 0 spiro atoms. The Kier molecular flexibility index (Phi) is 5.31. The van der Waals surface area contributed by atoms with Gasteiger partial charge in [-0.25, -0.2) is 0 Å². The number of rotatable bonds is 5. The van der Waals surface area contributed by atoms with E-state index >= 15 is 0 Å². The molecule has 1 fully saturated rings. The van der Waals surface area contributed by atoms with Crippen molar-refractivity contribution in [1.29, 1.82) is 0 Å². The molecule has 1 heterocycles. The van der Waals surface area contributed by atoms with Crippen molar-refractivity contribution in [3.05, 3.63) is 12.2 Å². The third-order valence-corrected chi connectivity index (χ3v) is 2.12. The summed E-state index contributed by atoms with van der Waals surface area (Å²) in [5.74, 6) is -0.412. The minimum absolute atomic E-state index is 0.147. The van der Waals surface area contributed by atoms with Crippen molar-refractivity contribution in [2.75, 3.05) is 32.8 Å². The molecule has 0 aromatic carbocycles. The van der Waals surface area contributed by atoms with Crippen LogP contribution < -0.4 is 5.73 Å². The molecule has 1 amide bonds. The highest BCUT2D eigenvalue weighted by atomic mass is 16.7. The third-order valence-electron chi connectivity index (χ3n) is 2.12. The summed E-state index contributed by atoms with van der Waals surface area (Å²) >= 11 is 0. The highest BCUT2D eigenvalue weighted by molar-refractivity contribution is 5.85. The SMILES string of the molecule is CCOC1CN(CC=CC(N)=O)CCO1. The molecule has 86 valence electrons. The zero-order valence-corrected chi connectivity index (χ0v) is 9.02. The molecule has 0 aliphatic carbocycles. The largest absolute Gasteiger partial charge is 0.366 e. The number of nitrogens with zero attached hydrogens (tertiary/aromatic N) is 1. The lowest BCUT2D eigenvalue weighted by molar-refractivity contribution is -0.175. The fraction of sp³-hybridized carbons (Fsp3) is 0.700. The highest BCUT2D eigenvalue weighted by Gasteiger charge is 2.19. The average molecular weight is 214 g/mol. The second-order valence-electron chi connectivity index (χ2n) is 3.32. The molecular weight excluding hydrogens is 196 g/mol. The van der Waals surface area contributed by atoms with Crippen LogP contribution in [0, 0.1) is 0 Å². The van der Waals surface area contributed by atoms with Gasteiger partial charge in [-0.15, -0.1) is 0 Å². The minimum atomic E-state index is -0.412. The van der Waals surface area contributed by atoms with Crippen LogP contribution in [-0.2, 0) is 14.3 Å².